The third-order valence-corrected chi connectivity index (χ3v) is 4.48. The fraction of sp³-hybridized carbons (Fsp3) is 0.714. The van der Waals surface area contributed by atoms with E-state index >= 15 is 0 Å². The Balaban J connectivity index is 1.77. The number of nitrogens with zero attached hydrogens (tertiary/aromatic N) is 2. The Kier molecular flexibility index (Phi) is 3.41. The molecule has 1 aromatic rings. The number of nitrogens with two attached hydrogens (primary N) is 1. The molecule has 4 nitrogen and oxygen atoms in total. The van der Waals surface area contributed by atoms with E-state index in [1.54, 1.807) is 6.26 Å². The van der Waals surface area contributed by atoms with Gasteiger partial charge in [-0.05, 0) is 38.4 Å². The van der Waals surface area contributed by atoms with Crippen LogP contribution in [-0.2, 0) is 0 Å². The third kappa shape index (κ3) is 2.09. The molecule has 0 radical (unpaired) electrons. The summed E-state index contributed by atoms with van der Waals surface area (Å²) in [5, 5.41) is 0. The second-order valence-electron chi connectivity index (χ2n) is 5.60. The maximum absolute atomic E-state index is 5.98. The van der Waals surface area contributed by atoms with Gasteiger partial charge in [-0.3, -0.25) is 9.80 Å². The molecule has 2 aliphatic rings. The smallest absolute Gasteiger partial charge is 0.122 e. The molecule has 0 aromatic carbocycles. The molecule has 0 amide bonds. The number of furan rings is 1. The average molecular weight is 249 g/mol. The van der Waals surface area contributed by atoms with Crippen molar-refractivity contribution in [3.05, 3.63) is 24.2 Å². The molecule has 3 unspecified atom stereocenters. The van der Waals surface area contributed by atoms with E-state index in [-0.39, 0.29) is 6.04 Å². The van der Waals surface area contributed by atoms with Crippen molar-refractivity contribution in [1.82, 2.24) is 9.80 Å². The predicted octanol–water partition coefficient (Wildman–Crippen LogP) is 1.45. The second-order valence-corrected chi connectivity index (χ2v) is 5.60. The van der Waals surface area contributed by atoms with Gasteiger partial charge in [-0.25, -0.2) is 0 Å². The maximum Gasteiger partial charge on any atom is 0.122 e. The van der Waals surface area contributed by atoms with Crippen LogP contribution in [0, 0.1) is 0 Å². The number of rotatable bonds is 3. The molecular formula is C14H23N3O. The van der Waals surface area contributed by atoms with Crippen LogP contribution in [0.5, 0.6) is 0 Å². The summed E-state index contributed by atoms with van der Waals surface area (Å²) in [4.78, 5) is 5.17. The first-order chi connectivity index (χ1) is 8.79. The highest BCUT2D eigenvalue weighted by Gasteiger charge is 2.37. The van der Waals surface area contributed by atoms with Gasteiger partial charge in [0, 0.05) is 31.7 Å². The van der Waals surface area contributed by atoms with E-state index < -0.39 is 0 Å². The van der Waals surface area contributed by atoms with Crippen LogP contribution in [0.2, 0.25) is 0 Å². The highest BCUT2D eigenvalue weighted by Crippen LogP contribution is 2.30. The minimum atomic E-state index is 0.234. The Morgan fingerprint density at radius 2 is 2.39 bits per heavy atom. The van der Waals surface area contributed by atoms with E-state index in [0.717, 1.165) is 18.3 Å². The Morgan fingerprint density at radius 3 is 3.11 bits per heavy atom. The summed E-state index contributed by atoms with van der Waals surface area (Å²) >= 11 is 0. The molecule has 3 rings (SSSR count). The van der Waals surface area contributed by atoms with Crippen molar-refractivity contribution >= 4 is 0 Å². The molecule has 1 aromatic heterocycles. The van der Waals surface area contributed by atoms with Gasteiger partial charge in [0.05, 0.1) is 12.3 Å². The van der Waals surface area contributed by atoms with Gasteiger partial charge in [0.15, 0.2) is 0 Å². The maximum atomic E-state index is 5.98. The zero-order chi connectivity index (χ0) is 12.5. The van der Waals surface area contributed by atoms with E-state index in [4.69, 9.17) is 10.2 Å². The van der Waals surface area contributed by atoms with Crippen LogP contribution in [0.3, 0.4) is 0 Å². The Bertz CT molecular complexity index is 378. The lowest BCUT2D eigenvalue weighted by atomic mass is 10.0. The molecule has 0 aliphatic carbocycles. The number of piperazine rings is 1. The van der Waals surface area contributed by atoms with Gasteiger partial charge >= 0.3 is 0 Å². The predicted molar refractivity (Wildman–Crippen MR) is 71.3 cm³/mol. The van der Waals surface area contributed by atoms with Crippen LogP contribution in [0.15, 0.2) is 22.8 Å². The van der Waals surface area contributed by atoms with Gasteiger partial charge in [-0.2, -0.15) is 0 Å². The number of hydrogen-bond acceptors (Lipinski definition) is 4. The number of hydrogen-bond donors (Lipinski definition) is 1. The van der Waals surface area contributed by atoms with E-state index in [1.165, 1.54) is 25.9 Å². The molecule has 3 heterocycles. The molecule has 4 heteroatoms. The topological polar surface area (TPSA) is 45.6 Å². The van der Waals surface area contributed by atoms with Crippen molar-refractivity contribution in [2.45, 2.75) is 37.9 Å². The van der Waals surface area contributed by atoms with Crippen LogP contribution in [0.4, 0.5) is 0 Å². The van der Waals surface area contributed by atoms with Crippen LogP contribution in [0.1, 0.15) is 31.6 Å². The zero-order valence-corrected chi connectivity index (χ0v) is 11.1. The molecule has 0 spiro atoms. The summed E-state index contributed by atoms with van der Waals surface area (Å²) < 4.78 is 5.56. The lowest BCUT2D eigenvalue weighted by Gasteiger charge is -2.45. The highest BCUT2D eigenvalue weighted by molar-refractivity contribution is 5.07. The van der Waals surface area contributed by atoms with E-state index in [0.29, 0.717) is 12.6 Å². The Labute approximate surface area is 109 Å². The SMILES string of the molecule is CC1CN2CCCC2CN1C(CN)c1ccco1. The van der Waals surface area contributed by atoms with Gasteiger partial charge in [-0.15, -0.1) is 0 Å². The Hall–Kier alpha value is -0.840. The summed E-state index contributed by atoms with van der Waals surface area (Å²) in [6.45, 7) is 6.51. The summed E-state index contributed by atoms with van der Waals surface area (Å²) in [6, 6.07) is 5.51. The van der Waals surface area contributed by atoms with E-state index in [1.807, 2.05) is 12.1 Å². The lowest BCUT2D eigenvalue weighted by molar-refractivity contribution is 0.0233. The summed E-state index contributed by atoms with van der Waals surface area (Å²) in [7, 11) is 0. The summed E-state index contributed by atoms with van der Waals surface area (Å²) in [5.41, 5.74) is 5.98. The molecule has 2 fully saturated rings. The van der Waals surface area contributed by atoms with Crippen molar-refractivity contribution in [2.75, 3.05) is 26.2 Å². The zero-order valence-electron chi connectivity index (χ0n) is 11.1. The standard InChI is InChI=1S/C14H23N3O/c1-11-9-16-6-2-4-12(16)10-17(11)13(8-15)14-5-3-7-18-14/h3,5,7,11-13H,2,4,6,8-10,15H2,1H3. The quantitative estimate of drug-likeness (QED) is 0.880. The monoisotopic (exact) mass is 249 g/mol. The fourth-order valence-electron chi connectivity index (χ4n) is 3.54. The molecule has 2 saturated heterocycles. The first-order valence-corrected chi connectivity index (χ1v) is 7.03. The Morgan fingerprint density at radius 1 is 1.50 bits per heavy atom. The van der Waals surface area contributed by atoms with Gasteiger partial charge in [-0.1, -0.05) is 0 Å². The van der Waals surface area contributed by atoms with Crippen molar-refractivity contribution in [1.29, 1.82) is 0 Å². The third-order valence-electron chi connectivity index (χ3n) is 4.48. The van der Waals surface area contributed by atoms with Crippen molar-refractivity contribution in [2.24, 2.45) is 5.73 Å². The molecule has 3 atom stereocenters. The molecule has 0 bridgehead atoms. The van der Waals surface area contributed by atoms with Crippen LogP contribution < -0.4 is 5.73 Å². The van der Waals surface area contributed by atoms with E-state index in [2.05, 4.69) is 16.7 Å². The van der Waals surface area contributed by atoms with Gasteiger partial charge in [0.1, 0.15) is 5.76 Å². The molecule has 100 valence electrons. The molecule has 0 saturated carbocycles. The van der Waals surface area contributed by atoms with Crippen molar-refractivity contribution in [3.8, 4) is 0 Å². The fourth-order valence-corrected chi connectivity index (χ4v) is 3.54. The van der Waals surface area contributed by atoms with Crippen LogP contribution in [-0.4, -0.2) is 48.1 Å². The number of fused-ring (bicyclic) bond motifs is 1. The summed E-state index contributed by atoms with van der Waals surface area (Å²) in [5.74, 6) is 1.01. The first-order valence-electron chi connectivity index (χ1n) is 7.03. The van der Waals surface area contributed by atoms with E-state index in [9.17, 15) is 0 Å². The largest absolute Gasteiger partial charge is 0.468 e. The average Bonchev–Trinajstić information content (AvgIpc) is 3.01. The second kappa shape index (κ2) is 5.03. The lowest BCUT2D eigenvalue weighted by Crippen LogP contribution is -2.56. The molecule has 2 N–H and O–H groups in total. The minimum absolute atomic E-state index is 0.234. The van der Waals surface area contributed by atoms with Crippen molar-refractivity contribution < 1.29 is 4.42 Å². The van der Waals surface area contributed by atoms with Crippen LogP contribution >= 0.6 is 0 Å². The van der Waals surface area contributed by atoms with Gasteiger partial charge in [0.25, 0.3) is 0 Å². The van der Waals surface area contributed by atoms with Crippen LogP contribution in [0.25, 0.3) is 0 Å². The summed E-state index contributed by atoms with van der Waals surface area (Å²) in [6.07, 6.45) is 4.42. The molecule has 2 aliphatic heterocycles. The molecular weight excluding hydrogens is 226 g/mol. The van der Waals surface area contributed by atoms with Gasteiger partial charge in [0.2, 0.25) is 0 Å². The highest BCUT2D eigenvalue weighted by atomic mass is 16.3. The molecule has 18 heavy (non-hydrogen) atoms. The van der Waals surface area contributed by atoms with Crippen molar-refractivity contribution in [3.63, 3.8) is 0 Å². The van der Waals surface area contributed by atoms with Gasteiger partial charge < -0.3 is 10.2 Å². The first kappa shape index (κ1) is 12.2. The minimum Gasteiger partial charge on any atom is -0.468 e. The normalized spacial score (nSPS) is 31.4.